The molecule has 0 aromatic heterocycles. The van der Waals surface area contributed by atoms with Crippen LogP contribution in [-0.4, -0.2) is 29.2 Å². The van der Waals surface area contributed by atoms with E-state index in [9.17, 15) is 18.4 Å². The Hall–Kier alpha value is -3.65. The average Bonchev–Trinajstić information content (AvgIpc) is 3.30. The first-order valence-electron chi connectivity index (χ1n) is 11.9. The van der Waals surface area contributed by atoms with E-state index in [2.05, 4.69) is 15.9 Å². The third-order valence-electron chi connectivity index (χ3n) is 6.60. The lowest BCUT2D eigenvalue weighted by atomic mass is 9.77. The van der Waals surface area contributed by atoms with Crippen LogP contribution in [0.1, 0.15) is 46.8 Å². The molecule has 188 valence electrons. The fraction of sp³-hybridized carbons (Fsp3) is 0.207. The van der Waals surface area contributed by atoms with Crippen molar-refractivity contribution in [3.8, 4) is 0 Å². The molecule has 1 aliphatic heterocycles. The molecule has 0 spiro atoms. The van der Waals surface area contributed by atoms with E-state index in [1.54, 1.807) is 48.5 Å². The number of carbonyl (C=O) groups excluding carboxylic acids is 2. The minimum atomic E-state index is -0.625. The highest BCUT2D eigenvalue weighted by atomic mass is 79.9. The summed E-state index contributed by atoms with van der Waals surface area (Å²) in [5.74, 6) is -1.89. The molecule has 2 aliphatic rings. The predicted octanol–water partition coefficient (Wildman–Crippen LogP) is 6.71. The molecule has 1 aliphatic carbocycles. The molecule has 0 N–H and O–H groups in total. The van der Waals surface area contributed by atoms with Crippen molar-refractivity contribution in [2.24, 2.45) is 11.0 Å². The van der Waals surface area contributed by atoms with Gasteiger partial charge in [-0.2, -0.15) is 5.10 Å². The first kappa shape index (κ1) is 25.0. The standard InChI is InChI=1S/C29H23BrF2N2O3/c30-25-7-2-1-5-23(25)29(36)37-17-26(35)34-28(19-10-14-22(32)15-11-19)24-6-3-4-20(27(24)33-34)16-18-8-12-21(31)13-9-18/h1-2,5,7-16,24,28H,3-4,6,17H2. The topological polar surface area (TPSA) is 59.0 Å². The minimum Gasteiger partial charge on any atom is -0.452 e. The Labute approximate surface area is 221 Å². The van der Waals surface area contributed by atoms with Gasteiger partial charge in [-0.25, -0.2) is 18.6 Å². The molecule has 1 heterocycles. The number of benzene rings is 3. The van der Waals surface area contributed by atoms with E-state index in [0.29, 0.717) is 10.0 Å². The second kappa shape index (κ2) is 10.8. The van der Waals surface area contributed by atoms with Gasteiger partial charge in [0, 0.05) is 10.4 Å². The van der Waals surface area contributed by atoms with Gasteiger partial charge in [0.1, 0.15) is 11.6 Å². The molecule has 0 saturated heterocycles. The normalized spacial score (nSPS) is 19.9. The smallest absolute Gasteiger partial charge is 0.339 e. The molecule has 0 bridgehead atoms. The van der Waals surface area contributed by atoms with Gasteiger partial charge in [-0.05, 0) is 94.4 Å². The highest BCUT2D eigenvalue weighted by Gasteiger charge is 2.43. The molecule has 0 radical (unpaired) electrons. The number of nitrogens with zero attached hydrogens (tertiary/aromatic N) is 2. The van der Waals surface area contributed by atoms with Gasteiger partial charge in [0.15, 0.2) is 6.61 Å². The van der Waals surface area contributed by atoms with Gasteiger partial charge in [0.2, 0.25) is 0 Å². The van der Waals surface area contributed by atoms with Crippen molar-refractivity contribution in [3.63, 3.8) is 0 Å². The number of allylic oxidation sites excluding steroid dienone is 1. The molecular weight excluding hydrogens is 542 g/mol. The van der Waals surface area contributed by atoms with E-state index >= 15 is 0 Å². The Morgan fingerprint density at radius 3 is 2.38 bits per heavy atom. The lowest BCUT2D eigenvalue weighted by Gasteiger charge is -2.29. The maximum atomic E-state index is 13.7. The summed E-state index contributed by atoms with van der Waals surface area (Å²) in [6, 6.07) is 18.6. The fourth-order valence-electron chi connectivity index (χ4n) is 4.86. The van der Waals surface area contributed by atoms with Crippen LogP contribution in [0.4, 0.5) is 8.78 Å². The number of hydrogen-bond donors (Lipinski definition) is 0. The molecule has 3 aromatic carbocycles. The van der Waals surface area contributed by atoms with E-state index in [4.69, 9.17) is 9.84 Å². The number of fused-ring (bicyclic) bond motifs is 1. The molecule has 3 aromatic rings. The summed E-state index contributed by atoms with van der Waals surface area (Å²) >= 11 is 3.32. The van der Waals surface area contributed by atoms with Gasteiger partial charge in [-0.15, -0.1) is 0 Å². The number of rotatable bonds is 5. The Bertz CT molecular complexity index is 1390. The van der Waals surface area contributed by atoms with E-state index in [1.807, 2.05) is 6.08 Å². The summed E-state index contributed by atoms with van der Waals surface area (Å²) in [5.41, 5.74) is 3.64. The molecule has 37 heavy (non-hydrogen) atoms. The van der Waals surface area contributed by atoms with Crippen molar-refractivity contribution < 1.29 is 23.1 Å². The summed E-state index contributed by atoms with van der Waals surface area (Å²) in [6.45, 7) is -0.488. The minimum absolute atomic E-state index is 0.103. The third-order valence-corrected chi connectivity index (χ3v) is 7.29. The summed E-state index contributed by atoms with van der Waals surface area (Å²) in [4.78, 5) is 25.9. The van der Waals surface area contributed by atoms with Crippen LogP contribution in [0.2, 0.25) is 0 Å². The Kier molecular flexibility index (Phi) is 7.28. The highest BCUT2D eigenvalue weighted by molar-refractivity contribution is 9.10. The SMILES string of the molecule is O=C(OCC(=O)N1N=C2C(=Cc3ccc(F)cc3)CCCC2C1c1ccc(F)cc1)c1ccccc1Br. The number of hydrogen-bond acceptors (Lipinski definition) is 4. The largest absolute Gasteiger partial charge is 0.452 e. The first-order valence-corrected chi connectivity index (χ1v) is 12.7. The lowest BCUT2D eigenvalue weighted by molar-refractivity contribution is -0.137. The lowest BCUT2D eigenvalue weighted by Crippen LogP contribution is -2.34. The summed E-state index contributed by atoms with van der Waals surface area (Å²) < 4.78 is 33.0. The van der Waals surface area contributed by atoms with E-state index in [1.165, 1.54) is 29.3 Å². The quantitative estimate of drug-likeness (QED) is 0.324. The average molecular weight is 565 g/mol. The highest BCUT2D eigenvalue weighted by Crippen LogP contribution is 2.44. The Morgan fingerprint density at radius 1 is 1.00 bits per heavy atom. The number of amides is 1. The summed E-state index contributed by atoms with van der Waals surface area (Å²) in [7, 11) is 0. The first-order chi connectivity index (χ1) is 17.9. The van der Waals surface area contributed by atoms with Gasteiger partial charge >= 0.3 is 5.97 Å². The van der Waals surface area contributed by atoms with Crippen molar-refractivity contribution in [3.05, 3.63) is 111 Å². The molecule has 5 nitrogen and oxygen atoms in total. The summed E-state index contributed by atoms with van der Waals surface area (Å²) in [5, 5.41) is 6.08. The maximum absolute atomic E-state index is 13.7. The number of hydrazone groups is 1. The van der Waals surface area contributed by atoms with Crippen LogP contribution in [0, 0.1) is 17.6 Å². The molecule has 5 rings (SSSR count). The Morgan fingerprint density at radius 2 is 1.68 bits per heavy atom. The Balaban J connectivity index is 1.44. The number of ether oxygens (including phenoxy) is 1. The molecular formula is C29H23BrF2N2O3. The molecule has 2 unspecified atom stereocenters. The summed E-state index contributed by atoms with van der Waals surface area (Å²) in [6.07, 6.45) is 4.41. The molecule has 8 heteroatoms. The van der Waals surface area contributed by atoms with Crippen molar-refractivity contribution in [2.45, 2.75) is 25.3 Å². The maximum Gasteiger partial charge on any atom is 0.339 e. The predicted molar refractivity (Wildman–Crippen MR) is 140 cm³/mol. The van der Waals surface area contributed by atoms with Crippen molar-refractivity contribution in [2.75, 3.05) is 6.61 Å². The fourth-order valence-corrected chi connectivity index (χ4v) is 5.31. The van der Waals surface area contributed by atoms with Gasteiger partial charge in [0.05, 0.1) is 17.3 Å². The molecule has 1 amide bonds. The van der Waals surface area contributed by atoms with Gasteiger partial charge in [0.25, 0.3) is 5.91 Å². The molecule has 1 fully saturated rings. The van der Waals surface area contributed by atoms with Gasteiger partial charge in [-0.1, -0.05) is 36.4 Å². The zero-order valence-electron chi connectivity index (χ0n) is 19.7. The van der Waals surface area contributed by atoms with Crippen LogP contribution in [0.25, 0.3) is 6.08 Å². The number of esters is 1. The van der Waals surface area contributed by atoms with Crippen molar-refractivity contribution in [1.29, 1.82) is 0 Å². The third kappa shape index (κ3) is 5.39. The van der Waals surface area contributed by atoms with E-state index in [-0.39, 0.29) is 17.6 Å². The molecule has 2 atom stereocenters. The van der Waals surface area contributed by atoms with Crippen LogP contribution in [0.3, 0.4) is 0 Å². The second-order valence-electron chi connectivity index (χ2n) is 9.00. The van der Waals surface area contributed by atoms with Crippen LogP contribution in [0.15, 0.2) is 87.9 Å². The van der Waals surface area contributed by atoms with Crippen LogP contribution in [-0.2, 0) is 9.53 Å². The monoisotopic (exact) mass is 564 g/mol. The van der Waals surface area contributed by atoms with Gasteiger partial charge < -0.3 is 4.74 Å². The van der Waals surface area contributed by atoms with Crippen LogP contribution < -0.4 is 0 Å². The zero-order chi connectivity index (χ0) is 25.9. The van der Waals surface area contributed by atoms with Crippen molar-refractivity contribution in [1.82, 2.24) is 5.01 Å². The van der Waals surface area contributed by atoms with E-state index in [0.717, 1.165) is 41.7 Å². The van der Waals surface area contributed by atoms with Gasteiger partial charge in [-0.3, -0.25) is 4.79 Å². The van der Waals surface area contributed by atoms with Crippen LogP contribution >= 0.6 is 15.9 Å². The second-order valence-corrected chi connectivity index (χ2v) is 9.85. The molecule has 1 saturated carbocycles. The zero-order valence-corrected chi connectivity index (χ0v) is 21.3. The number of halogens is 3. The van der Waals surface area contributed by atoms with Crippen molar-refractivity contribution >= 4 is 39.6 Å². The van der Waals surface area contributed by atoms with E-state index < -0.39 is 24.5 Å². The number of carbonyl (C=O) groups is 2. The van der Waals surface area contributed by atoms with Crippen LogP contribution in [0.5, 0.6) is 0 Å².